The highest BCUT2D eigenvalue weighted by Crippen LogP contribution is 2.22. The SMILES string of the molecule is [2H]c1c([2H])c(C(=O)Cc2cc3cc(-c4cncn4C)ncc3cn2)c([2H])c([2H])c1F. The normalized spacial score (nSPS) is 13.2. The Labute approximate surface area is 154 Å². The van der Waals surface area contributed by atoms with Crippen LogP contribution in [0.4, 0.5) is 4.39 Å². The van der Waals surface area contributed by atoms with Crippen LogP contribution in [0, 0.1) is 5.82 Å². The van der Waals surface area contributed by atoms with Crippen LogP contribution in [-0.4, -0.2) is 25.3 Å². The Morgan fingerprint density at radius 3 is 2.62 bits per heavy atom. The number of benzene rings is 1. The molecule has 0 saturated carbocycles. The molecule has 0 spiro atoms. The zero-order valence-electron chi connectivity index (χ0n) is 17.7. The second-order valence-electron chi connectivity index (χ2n) is 5.77. The number of aryl methyl sites for hydroxylation is 1. The third-order valence-corrected chi connectivity index (χ3v) is 3.95. The van der Waals surface area contributed by atoms with Gasteiger partial charge in [0.1, 0.15) is 5.82 Å². The number of hydrogen-bond acceptors (Lipinski definition) is 4. The quantitative estimate of drug-likeness (QED) is 0.528. The van der Waals surface area contributed by atoms with Crippen molar-refractivity contribution in [3.63, 3.8) is 0 Å². The van der Waals surface area contributed by atoms with E-state index in [1.54, 1.807) is 31.0 Å². The summed E-state index contributed by atoms with van der Waals surface area (Å²) in [6.07, 6.45) is 6.34. The summed E-state index contributed by atoms with van der Waals surface area (Å²) in [6.45, 7) is 0. The van der Waals surface area contributed by atoms with E-state index in [9.17, 15) is 9.18 Å². The van der Waals surface area contributed by atoms with Gasteiger partial charge in [-0.1, -0.05) is 0 Å². The van der Waals surface area contributed by atoms with Gasteiger partial charge in [0.15, 0.2) is 5.78 Å². The van der Waals surface area contributed by atoms with Crippen LogP contribution >= 0.6 is 0 Å². The van der Waals surface area contributed by atoms with E-state index in [0.717, 1.165) is 16.5 Å². The first-order valence-electron chi connectivity index (χ1n) is 9.78. The summed E-state index contributed by atoms with van der Waals surface area (Å²) in [5.41, 5.74) is 1.46. The molecule has 26 heavy (non-hydrogen) atoms. The van der Waals surface area contributed by atoms with Crippen LogP contribution in [0.5, 0.6) is 0 Å². The van der Waals surface area contributed by atoms with E-state index in [-0.39, 0.29) is 6.42 Å². The molecule has 6 heteroatoms. The summed E-state index contributed by atoms with van der Waals surface area (Å²) < 4.78 is 46.4. The maximum Gasteiger partial charge on any atom is 0.168 e. The third kappa shape index (κ3) is 3.09. The summed E-state index contributed by atoms with van der Waals surface area (Å²) in [6, 6.07) is 0.434. The smallest absolute Gasteiger partial charge is 0.168 e. The Morgan fingerprint density at radius 1 is 1.12 bits per heavy atom. The molecule has 1 aromatic carbocycles. The minimum Gasteiger partial charge on any atom is -0.332 e. The molecule has 128 valence electrons. The maximum absolute atomic E-state index is 13.7. The predicted molar refractivity (Wildman–Crippen MR) is 96.2 cm³/mol. The van der Waals surface area contributed by atoms with Gasteiger partial charge in [-0.3, -0.25) is 14.8 Å². The first kappa shape index (κ1) is 12.0. The van der Waals surface area contributed by atoms with Crippen molar-refractivity contribution in [1.29, 1.82) is 0 Å². The highest BCUT2D eigenvalue weighted by Gasteiger charge is 2.10. The minimum atomic E-state index is -1.28. The fourth-order valence-electron chi connectivity index (χ4n) is 2.61. The lowest BCUT2D eigenvalue weighted by Gasteiger charge is -2.06. The average molecular weight is 350 g/mol. The third-order valence-electron chi connectivity index (χ3n) is 3.95. The van der Waals surface area contributed by atoms with Crippen LogP contribution in [0.15, 0.2) is 61.2 Å². The lowest BCUT2D eigenvalue weighted by atomic mass is 10.0. The molecule has 3 aromatic heterocycles. The van der Waals surface area contributed by atoms with Crippen molar-refractivity contribution in [2.45, 2.75) is 6.42 Å². The van der Waals surface area contributed by atoms with Gasteiger partial charge in [-0.05, 0) is 41.7 Å². The molecule has 0 bridgehead atoms. The van der Waals surface area contributed by atoms with E-state index >= 15 is 0 Å². The molecule has 3 heterocycles. The van der Waals surface area contributed by atoms with Crippen molar-refractivity contribution in [3.8, 4) is 11.4 Å². The van der Waals surface area contributed by atoms with E-state index in [1.165, 1.54) is 0 Å². The van der Waals surface area contributed by atoms with Crippen LogP contribution in [-0.2, 0) is 13.5 Å². The van der Waals surface area contributed by atoms with Gasteiger partial charge in [0, 0.05) is 36.1 Å². The van der Waals surface area contributed by atoms with Crippen LogP contribution in [0.3, 0.4) is 0 Å². The number of Topliss-reactive ketones (excluding diaryl/α,β-unsaturated/α-hetero) is 1. The summed E-state index contributed by atoms with van der Waals surface area (Å²) in [4.78, 5) is 25.4. The fourth-order valence-corrected chi connectivity index (χ4v) is 2.61. The number of aromatic nitrogens is 4. The molecule has 4 aromatic rings. The first-order valence-corrected chi connectivity index (χ1v) is 7.78. The Kier molecular flexibility index (Phi) is 3.00. The molecule has 4 rings (SSSR count). The Morgan fingerprint density at radius 2 is 1.88 bits per heavy atom. The van der Waals surface area contributed by atoms with Gasteiger partial charge in [0.05, 0.1) is 35.8 Å². The van der Waals surface area contributed by atoms with Crippen molar-refractivity contribution in [1.82, 2.24) is 19.5 Å². The Bertz CT molecular complexity index is 1290. The van der Waals surface area contributed by atoms with E-state index in [1.807, 2.05) is 17.7 Å². The zero-order valence-corrected chi connectivity index (χ0v) is 13.7. The summed E-state index contributed by atoms with van der Waals surface area (Å²) >= 11 is 0. The molecule has 0 N–H and O–H groups in total. The van der Waals surface area contributed by atoms with Gasteiger partial charge in [-0.15, -0.1) is 0 Å². The molecule has 0 saturated heterocycles. The van der Waals surface area contributed by atoms with E-state index in [0.29, 0.717) is 11.4 Å². The molecule has 0 aliphatic carbocycles. The number of nitrogens with zero attached hydrogens (tertiary/aromatic N) is 4. The maximum atomic E-state index is 13.7. The highest BCUT2D eigenvalue weighted by molar-refractivity contribution is 5.97. The molecule has 0 fully saturated rings. The van der Waals surface area contributed by atoms with Crippen molar-refractivity contribution in [3.05, 3.63) is 78.3 Å². The number of ketones is 1. The van der Waals surface area contributed by atoms with Gasteiger partial charge in [0.2, 0.25) is 0 Å². The number of carbonyl (C=O) groups excluding carboxylic acids is 1. The van der Waals surface area contributed by atoms with Crippen LogP contribution in [0.2, 0.25) is 0 Å². The molecule has 0 aliphatic rings. The molecule has 0 aliphatic heterocycles. The van der Waals surface area contributed by atoms with E-state index < -0.39 is 41.3 Å². The molecule has 0 amide bonds. The first-order chi connectivity index (χ1) is 14.3. The number of halogens is 1. The molecule has 5 nitrogen and oxygen atoms in total. The number of hydrogen-bond donors (Lipinski definition) is 0. The highest BCUT2D eigenvalue weighted by atomic mass is 19.1. The van der Waals surface area contributed by atoms with Gasteiger partial charge >= 0.3 is 0 Å². The number of pyridine rings is 2. The topological polar surface area (TPSA) is 60.7 Å². The fraction of sp³-hybridized carbons (Fsp3) is 0.100. The van der Waals surface area contributed by atoms with Crippen LogP contribution < -0.4 is 0 Å². The molecule has 0 atom stereocenters. The summed E-state index contributed by atoms with van der Waals surface area (Å²) in [5.74, 6) is -1.94. The lowest BCUT2D eigenvalue weighted by molar-refractivity contribution is 0.0992. The molecule has 0 radical (unpaired) electrons. The second kappa shape index (κ2) is 6.48. The molecule has 0 unspecified atom stereocenters. The standard InChI is InChI=1S/C20H15FN4O/c1-25-12-22-11-19(25)18-7-14-6-17(23-9-15(14)10-24-18)8-20(26)13-2-4-16(21)5-3-13/h2-7,9-12H,8H2,1H3/i2D,3D,4D,5D. The molecular weight excluding hydrogens is 331 g/mol. The van der Waals surface area contributed by atoms with Gasteiger partial charge in [0.25, 0.3) is 0 Å². The van der Waals surface area contributed by atoms with Crippen molar-refractivity contribution >= 4 is 16.6 Å². The number of fused-ring (bicyclic) bond motifs is 1. The van der Waals surface area contributed by atoms with Crippen molar-refractivity contribution in [2.24, 2.45) is 7.05 Å². The van der Waals surface area contributed by atoms with Crippen molar-refractivity contribution in [2.75, 3.05) is 0 Å². The van der Waals surface area contributed by atoms with E-state index in [4.69, 9.17) is 5.48 Å². The number of imidazole rings is 1. The van der Waals surface area contributed by atoms with Crippen LogP contribution in [0.25, 0.3) is 22.2 Å². The summed E-state index contributed by atoms with van der Waals surface area (Å²) in [7, 11) is 1.85. The lowest BCUT2D eigenvalue weighted by Crippen LogP contribution is -2.05. The van der Waals surface area contributed by atoms with Gasteiger partial charge in [-0.2, -0.15) is 0 Å². The monoisotopic (exact) mass is 350 g/mol. The Balaban J connectivity index is 1.71. The minimum absolute atomic E-state index is 0.248. The second-order valence-corrected chi connectivity index (χ2v) is 5.77. The zero-order chi connectivity index (χ0) is 21.6. The van der Waals surface area contributed by atoms with E-state index in [2.05, 4.69) is 15.0 Å². The van der Waals surface area contributed by atoms with Crippen LogP contribution in [0.1, 0.15) is 21.5 Å². The van der Waals surface area contributed by atoms with Gasteiger partial charge in [-0.25, -0.2) is 9.37 Å². The van der Waals surface area contributed by atoms with Crippen molar-refractivity contribution < 1.29 is 14.7 Å². The largest absolute Gasteiger partial charge is 0.332 e. The number of carbonyl (C=O) groups is 1. The average Bonchev–Trinajstić information content (AvgIpc) is 3.16. The predicted octanol–water partition coefficient (Wildman–Crippen LogP) is 3.59. The summed E-state index contributed by atoms with van der Waals surface area (Å²) in [5, 5.41) is 1.56. The Hall–Kier alpha value is -3.41. The number of rotatable bonds is 4. The van der Waals surface area contributed by atoms with Gasteiger partial charge < -0.3 is 4.57 Å². The molecular formula is C20H15FN4O.